The lowest BCUT2D eigenvalue weighted by molar-refractivity contribution is -0.145. The van der Waals surface area contributed by atoms with Crippen molar-refractivity contribution in [2.24, 2.45) is 17.8 Å². The van der Waals surface area contributed by atoms with Gasteiger partial charge in [-0.15, -0.1) is 0 Å². The van der Waals surface area contributed by atoms with Gasteiger partial charge in [0.05, 0.1) is 13.2 Å². The van der Waals surface area contributed by atoms with E-state index >= 15 is 0 Å². The number of hydrogen-bond donors (Lipinski definition) is 0. The molecule has 0 amide bonds. The van der Waals surface area contributed by atoms with Gasteiger partial charge in [-0.05, 0) is 51.0 Å². The summed E-state index contributed by atoms with van der Waals surface area (Å²) in [6.45, 7) is 3.46. The summed E-state index contributed by atoms with van der Waals surface area (Å²) < 4.78 is 4.79. The normalized spacial score (nSPS) is 28.9. The van der Waals surface area contributed by atoms with E-state index in [0.29, 0.717) is 13.2 Å². The zero-order valence-electron chi connectivity index (χ0n) is 12.1. The molecule has 19 heavy (non-hydrogen) atoms. The van der Waals surface area contributed by atoms with Crippen molar-refractivity contribution in [3.63, 3.8) is 0 Å². The summed E-state index contributed by atoms with van der Waals surface area (Å²) in [5.74, 6) is 2.15. The van der Waals surface area contributed by atoms with Crippen molar-refractivity contribution in [3.05, 3.63) is 0 Å². The van der Waals surface area contributed by atoms with Gasteiger partial charge in [-0.25, -0.2) is 0 Å². The van der Waals surface area contributed by atoms with Crippen molar-refractivity contribution in [3.8, 4) is 0 Å². The molecule has 0 radical (unpaired) electrons. The zero-order valence-corrected chi connectivity index (χ0v) is 12.1. The van der Waals surface area contributed by atoms with Gasteiger partial charge in [0.15, 0.2) is 5.78 Å². The van der Waals surface area contributed by atoms with Gasteiger partial charge in [0.2, 0.25) is 0 Å². The third kappa shape index (κ3) is 4.03. The van der Waals surface area contributed by atoms with Gasteiger partial charge >= 0.3 is 5.97 Å². The van der Waals surface area contributed by atoms with Gasteiger partial charge in [0, 0.05) is 6.54 Å². The van der Waals surface area contributed by atoms with Crippen LogP contribution in [0.2, 0.25) is 0 Å². The van der Waals surface area contributed by atoms with Crippen LogP contribution in [0, 0.1) is 17.8 Å². The molecule has 0 aromatic carbocycles. The van der Waals surface area contributed by atoms with Crippen molar-refractivity contribution >= 4 is 11.8 Å². The highest BCUT2D eigenvalue weighted by atomic mass is 16.5. The third-order valence-corrected chi connectivity index (χ3v) is 4.52. The fraction of sp³-hybridized carbons (Fsp3) is 0.867. The van der Waals surface area contributed by atoms with Crippen LogP contribution in [0.25, 0.3) is 0 Å². The lowest BCUT2D eigenvalue weighted by atomic mass is 9.88. The molecule has 0 N–H and O–H groups in total. The van der Waals surface area contributed by atoms with E-state index in [-0.39, 0.29) is 12.2 Å². The molecule has 2 aliphatic carbocycles. The minimum Gasteiger partial charge on any atom is -0.466 e. The van der Waals surface area contributed by atoms with E-state index in [1.54, 1.807) is 6.92 Å². The minimum atomic E-state index is -0.402. The first-order valence-corrected chi connectivity index (χ1v) is 7.44. The van der Waals surface area contributed by atoms with Crippen molar-refractivity contribution in [1.29, 1.82) is 0 Å². The van der Waals surface area contributed by atoms with Crippen LogP contribution in [-0.2, 0) is 14.3 Å². The third-order valence-electron chi connectivity index (χ3n) is 4.52. The molecule has 2 aliphatic rings. The SMILES string of the molecule is CCOC(=O)CC(=O)CN(C)CC1CC2CCC1C2. The first kappa shape index (κ1) is 14.5. The molecule has 3 unspecified atom stereocenters. The lowest BCUT2D eigenvalue weighted by Gasteiger charge is -2.26. The van der Waals surface area contributed by atoms with E-state index in [1.165, 1.54) is 25.7 Å². The molecule has 4 heteroatoms. The van der Waals surface area contributed by atoms with E-state index < -0.39 is 5.97 Å². The van der Waals surface area contributed by atoms with E-state index in [4.69, 9.17) is 4.74 Å². The first-order valence-electron chi connectivity index (χ1n) is 7.44. The zero-order chi connectivity index (χ0) is 13.8. The van der Waals surface area contributed by atoms with Crippen molar-refractivity contribution in [2.45, 2.75) is 39.0 Å². The van der Waals surface area contributed by atoms with Crippen LogP contribution in [0.4, 0.5) is 0 Å². The van der Waals surface area contributed by atoms with Gasteiger partial charge in [-0.3, -0.25) is 14.5 Å². The van der Waals surface area contributed by atoms with Gasteiger partial charge in [0.25, 0.3) is 0 Å². The number of rotatable bonds is 7. The standard InChI is InChI=1S/C15H25NO3/c1-3-19-15(18)8-14(17)10-16(2)9-13-7-11-4-5-12(13)6-11/h11-13H,3-10H2,1-2H3. The topological polar surface area (TPSA) is 46.6 Å². The Balaban J connectivity index is 1.68. The molecule has 0 aromatic heterocycles. The molecule has 4 nitrogen and oxygen atoms in total. The van der Waals surface area contributed by atoms with Crippen molar-refractivity contribution in [1.82, 2.24) is 4.90 Å². The second-order valence-electron chi connectivity index (χ2n) is 6.15. The molecule has 108 valence electrons. The highest BCUT2D eigenvalue weighted by Gasteiger charge is 2.39. The van der Waals surface area contributed by atoms with Crippen LogP contribution in [-0.4, -0.2) is 43.4 Å². The molecule has 0 spiro atoms. The van der Waals surface area contributed by atoms with Gasteiger partial charge in [0.1, 0.15) is 6.42 Å². The molecule has 2 saturated carbocycles. The van der Waals surface area contributed by atoms with Crippen molar-refractivity contribution < 1.29 is 14.3 Å². The minimum absolute atomic E-state index is 0.0379. The predicted octanol–water partition coefficient (Wildman–Crippen LogP) is 1.88. The highest BCUT2D eigenvalue weighted by Crippen LogP contribution is 2.48. The van der Waals surface area contributed by atoms with Crippen LogP contribution < -0.4 is 0 Å². The summed E-state index contributed by atoms with van der Waals surface area (Å²) in [6.07, 6.45) is 5.43. The van der Waals surface area contributed by atoms with Gasteiger partial charge < -0.3 is 4.74 Å². The lowest BCUT2D eigenvalue weighted by Crippen LogP contribution is -2.33. The summed E-state index contributed by atoms with van der Waals surface area (Å²) in [5, 5.41) is 0. The second-order valence-corrected chi connectivity index (χ2v) is 6.15. The molecule has 2 bridgehead atoms. The Morgan fingerprint density at radius 1 is 1.26 bits per heavy atom. The number of carbonyl (C=O) groups excluding carboxylic acids is 2. The Bertz CT molecular complexity index is 342. The molecule has 0 saturated heterocycles. The summed E-state index contributed by atoms with van der Waals surface area (Å²) in [7, 11) is 1.98. The monoisotopic (exact) mass is 267 g/mol. The molecule has 2 rings (SSSR count). The smallest absolute Gasteiger partial charge is 0.313 e. The largest absolute Gasteiger partial charge is 0.466 e. The van der Waals surface area contributed by atoms with Crippen LogP contribution in [0.15, 0.2) is 0 Å². The maximum absolute atomic E-state index is 11.7. The first-order chi connectivity index (χ1) is 9.08. The molecule has 0 aromatic rings. The Morgan fingerprint density at radius 3 is 2.63 bits per heavy atom. The summed E-state index contributed by atoms with van der Waals surface area (Å²) >= 11 is 0. The fourth-order valence-corrected chi connectivity index (χ4v) is 3.79. The van der Waals surface area contributed by atoms with Crippen LogP contribution in [0.3, 0.4) is 0 Å². The molecule has 0 aliphatic heterocycles. The molecule has 3 atom stereocenters. The Kier molecular flexibility index (Phi) is 4.97. The summed E-state index contributed by atoms with van der Waals surface area (Å²) in [4.78, 5) is 25.0. The highest BCUT2D eigenvalue weighted by molar-refractivity contribution is 5.96. The van der Waals surface area contributed by atoms with Crippen LogP contribution in [0.5, 0.6) is 0 Å². The number of Topliss-reactive ketones (excluding diaryl/α,β-unsaturated/α-hetero) is 1. The molecule has 2 fully saturated rings. The number of fused-ring (bicyclic) bond motifs is 2. The van der Waals surface area contributed by atoms with Crippen LogP contribution >= 0.6 is 0 Å². The molecular weight excluding hydrogens is 242 g/mol. The maximum Gasteiger partial charge on any atom is 0.313 e. The number of ether oxygens (including phenoxy) is 1. The summed E-state index contributed by atoms with van der Waals surface area (Å²) in [5.41, 5.74) is 0. The number of ketones is 1. The Morgan fingerprint density at radius 2 is 2.05 bits per heavy atom. The number of likely N-dealkylation sites (N-methyl/N-ethyl adjacent to an activating group) is 1. The van der Waals surface area contributed by atoms with E-state index in [2.05, 4.69) is 4.90 Å². The van der Waals surface area contributed by atoms with Crippen molar-refractivity contribution in [2.75, 3.05) is 26.7 Å². The average Bonchev–Trinajstić information content (AvgIpc) is 2.90. The summed E-state index contributed by atoms with van der Waals surface area (Å²) in [6, 6.07) is 0. The average molecular weight is 267 g/mol. The number of esters is 1. The van der Waals surface area contributed by atoms with Gasteiger partial charge in [-0.2, -0.15) is 0 Å². The number of carbonyl (C=O) groups is 2. The fourth-order valence-electron chi connectivity index (χ4n) is 3.79. The maximum atomic E-state index is 11.7. The Hall–Kier alpha value is -0.900. The second kappa shape index (κ2) is 6.51. The molecular formula is C15H25NO3. The van der Waals surface area contributed by atoms with Crippen LogP contribution in [0.1, 0.15) is 39.0 Å². The van der Waals surface area contributed by atoms with Gasteiger partial charge in [-0.1, -0.05) is 6.42 Å². The Labute approximate surface area is 115 Å². The number of hydrogen-bond acceptors (Lipinski definition) is 4. The predicted molar refractivity (Wildman–Crippen MR) is 72.7 cm³/mol. The quantitative estimate of drug-likeness (QED) is 0.522. The number of nitrogens with zero attached hydrogens (tertiary/aromatic N) is 1. The van der Waals surface area contributed by atoms with E-state index in [9.17, 15) is 9.59 Å². The molecule has 0 heterocycles. The van der Waals surface area contributed by atoms with E-state index in [1.807, 2.05) is 7.05 Å². The van der Waals surface area contributed by atoms with E-state index in [0.717, 1.165) is 24.3 Å².